The summed E-state index contributed by atoms with van der Waals surface area (Å²) in [6, 6.07) is 6.75. The van der Waals surface area contributed by atoms with Gasteiger partial charge in [-0.1, -0.05) is 29.3 Å². The Balaban J connectivity index is 2.74. The van der Waals surface area contributed by atoms with Crippen LogP contribution in [-0.2, 0) is 0 Å². The van der Waals surface area contributed by atoms with E-state index in [9.17, 15) is 4.79 Å². The Labute approximate surface area is 103 Å². The fourth-order valence-electron chi connectivity index (χ4n) is 1.06. The number of nitrogens with zero attached hydrogens (tertiary/aromatic N) is 2. The van der Waals surface area contributed by atoms with E-state index in [1.807, 2.05) is 6.07 Å². The van der Waals surface area contributed by atoms with E-state index in [1.54, 1.807) is 18.2 Å². The first-order chi connectivity index (χ1) is 7.66. The second-order valence-corrected chi connectivity index (χ2v) is 3.70. The quantitative estimate of drug-likeness (QED) is 0.612. The van der Waals surface area contributed by atoms with Gasteiger partial charge in [0, 0.05) is 11.8 Å². The maximum Gasteiger partial charge on any atom is 0.185 e. The van der Waals surface area contributed by atoms with Gasteiger partial charge in [0.15, 0.2) is 5.78 Å². The summed E-state index contributed by atoms with van der Waals surface area (Å²) in [6.07, 6.45) is 1.59. The molecule has 0 aliphatic carbocycles. The van der Waals surface area contributed by atoms with E-state index in [0.29, 0.717) is 10.6 Å². The van der Waals surface area contributed by atoms with Gasteiger partial charge in [-0.05, 0) is 12.1 Å². The molecule has 0 saturated heterocycles. The summed E-state index contributed by atoms with van der Waals surface area (Å²) in [6.45, 7) is -0.0260. The number of ketones is 1. The van der Waals surface area contributed by atoms with Gasteiger partial charge < -0.3 is 0 Å². The molecule has 16 heavy (non-hydrogen) atoms. The molecule has 0 unspecified atom stereocenters. The Hall–Kier alpha value is -1.37. The van der Waals surface area contributed by atoms with Crippen molar-refractivity contribution in [1.82, 2.24) is 0 Å². The monoisotopic (exact) mass is 254 g/mol. The number of nitriles is 1. The number of aliphatic imine (C=N–C) groups is 1. The van der Waals surface area contributed by atoms with Crippen LogP contribution < -0.4 is 0 Å². The number of halogens is 2. The van der Waals surface area contributed by atoms with Crippen LogP contribution in [0.5, 0.6) is 0 Å². The summed E-state index contributed by atoms with van der Waals surface area (Å²) in [5, 5.41) is 8.85. The zero-order valence-electron chi connectivity index (χ0n) is 8.28. The molecule has 5 heteroatoms. The third kappa shape index (κ3) is 3.34. The van der Waals surface area contributed by atoms with Crippen molar-refractivity contribution in [3.8, 4) is 6.07 Å². The van der Waals surface area contributed by atoms with Gasteiger partial charge >= 0.3 is 0 Å². The molecule has 0 aromatic heterocycles. The Kier molecular flexibility index (Phi) is 4.97. The average Bonchev–Trinajstić information content (AvgIpc) is 2.28. The van der Waals surface area contributed by atoms with Crippen molar-refractivity contribution < 1.29 is 4.79 Å². The van der Waals surface area contributed by atoms with Crippen LogP contribution in [0, 0.1) is 11.3 Å². The van der Waals surface area contributed by atoms with E-state index in [2.05, 4.69) is 4.99 Å². The van der Waals surface area contributed by atoms with Crippen molar-refractivity contribution in [2.24, 2.45) is 4.99 Å². The lowest BCUT2D eigenvalue weighted by molar-refractivity contribution is 0.100. The number of rotatable bonds is 4. The molecule has 1 aromatic carbocycles. The molecule has 0 radical (unpaired) electrons. The third-order valence-electron chi connectivity index (χ3n) is 1.80. The number of hydrogen-bond acceptors (Lipinski definition) is 3. The third-order valence-corrected chi connectivity index (χ3v) is 2.62. The molecule has 3 nitrogen and oxygen atoms in total. The number of carbonyl (C=O) groups is 1. The number of benzene rings is 1. The largest absolute Gasteiger partial charge is 0.292 e. The second kappa shape index (κ2) is 6.26. The normalized spacial score (nSPS) is 10.3. The number of Topliss-reactive ketones (excluding diaryl/α,β-unsaturated/α-hetero) is 1. The highest BCUT2D eigenvalue weighted by Crippen LogP contribution is 2.25. The zero-order valence-corrected chi connectivity index (χ0v) is 9.79. The summed E-state index contributed by atoms with van der Waals surface area (Å²) in [4.78, 5) is 15.5. The first-order valence-corrected chi connectivity index (χ1v) is 5.25. The maximum absolute atomic E-state index is 11.6. The Morgan fingerprint density at radius 3 is 2.94 bits per heavy atom. The molecule has 1 rings (SSSR count). The fraction of sp³-hybridized carbons (Fsp3) is 0.182. The van der Waals surface area contributed by atoms with Crippen LogP contribution in [0.25, 0.3) is 0 Å². The molecule has 0 atom stereocenters. The van der Waals surface area contributed by atoms with Crippen molar-refractivity contribution in [1.29, 1.82) is 5.26 Å². The van der Waals surface area contributed by atoms with Crippen LogP contribution in [0.2, 0.25) is 10.0 Å². The average molecular weight is 255 g/mol. The smallest absolute Gasteiger partial charge is 0.185 e. The minimum absolute atomic E-state index is 0.0260. The van der Waals surface area contributed by atoms with Crippen molar-refractivity contribution in [2.45, 2.75) is 6.42 Å². The standard InChI is InChI=1S/C11H8Cl2N2O/c12-9-4-1-3-8(11(9)13)10(16)7-15-6-2-5-14/h1,3-4,6H,2,7H2. The Morgan fingerprint density at radius 1 is 1.50 bits per heavy atom. The first kappa shape index (κ1) is 12.7. The van der Waals surface area contributed by atoms with Crippen LogP contribution in [0.15, 0.2) is 23.2 Å². The van der Waals surface area contributed by atoms with Crippen LogP contribution in [0.1, 0.15) is 16.8 Å². The molecule has 82 valence electrons. The van der Waals surface area contributed by atoms with E-state index >= 15 is 0 Å². The molecule has 0 fully saturated rings. The summed E-state index contributed by atoms with van der Waals surface area (Å²) in [5.41, 5.74) is 0.350. The van der Waals surface area contributed by atoms with E-state index in [4.69, 9.17) is 28.5 Å². The van der Waals surface area contributed by atoms with Gasteiger partial charge in [0.2, 0.25) is 0 Å². The van der Waals surface area contributed by atoms with Crippen molar-refractivity contribution >= 4 is 35.2 Å². The molecule has 1 aromatic rings. The molecular formula is C11H8Cl2N2O. The molecule has 0 aliphatic heterocycles. The highest BCUT2D eigenvalue weighted by Gasteiger charge is 2.11. The highest BCUT2D eigenvalue weighted by atomic mass is 35.5. The topological polar surface area (TPSA) is 53.2 Å². The summed E-state index contributed by atoms with van der Waals surface area (Å²) in [7, 11) is 0. The maximum atomic E-state index is 11.6. The van der Waals surface area contributed by atoms with E-state index in [1.165, 1.54) is 6.21 Å². The van der Waals surface area contributed by atoms with E-state index in [0.717, 1.165) is 0 Å². The van der Waals surface area contributed by atoms with Crippen LogP contribution in [0.4, 0.5) is 0 Å². The van der Waals surface area contributed by atoms with Gasteiger partial charge in [-0.25, -0.2) is 0 Å². The fourth-order valence-corrected chi connectivity index (χ4v) is 1.46. The molecular weight excluding hydrogens is 247 g/mol. The van der Waals surface area contributed by atoms with Gasteiger partial charge in [-0.15, -0.1) is 0 Å². The molecule has 0 amide bonds. The molecule has 0 N–H and O–H groups in total. The first-order valence-electron chi connectivity index (χ1n) is 4.49. The predicted molar refractivity (Wildman–Crippen MR) is 64.4 cm³/mol. The zero-order chi connectivity index (χ0) is 12.0. The minimum atomic E-state index is -0.221. The highest BCUT2D eigenvalue weighted by molar-refractivity contribution is 6.43. The number of carbonyl (C=O) groups excluding carboxylic acids is 1. The predicted octanol–water partition coefficient (Wildman–Crippen LogP) is 3.16. The van der Waals surface area contributed by atoms with Crippen molar-refractivity contribution in [2.75, 3.05) is 6.54 Å². The van der Waals surface area contributed by atoms with Crippen molar-refractivity contribution in [3.63, 3.8) is 0 Å². The van der Waals surface area contributed by atoms with Crippen LogP contribution in [-0.4, -0.2) is 18.5 Å². The molecule has 0 bridgehead atoms. The summed E-state index contributed by atoms with van der Waals surface area (Å²) >= 11 is 11.6. The van der Waals surface area contributed by atoms with Gasteiger partial charge in [0.25, 0.3) is 0 Å². The summed E-state index contributed by atoms with van der Waals surface area (Å²) < 4.78 is 0. The molecule has 0 spiro atoms. The molecule has 0 aliphatic rings. The van der Waals surface area contributed by atoms with Gasteiger partial charge in [-0.3, -0.25) is 9.79 Å². The Bertz CT molecular complexity index is 464. The second-order valence-electron chi connectivity index (χ2n) is 2.91. The van der Waals surface area contributed by atoms with E-state index < -0.39 is 0 Å². The van der Waals surface area contributed by atoms with Crippen LogP contribution in [0.3, 0.4) is 0 Å². The van der Waals surface area contributed by atoms with Gasteiger partial charge in [0.1, 0.15) is 6.54 Å². The van der Waals surface area contributed by atoms with Gasteiger partial charge in [0.05, 0.1) is 22.5 Å². The van der Waals surface area contributed by atoms with E-state index in [-0.39, 0.29) is 23.8 Å². The minimum Gasteiger partial charge on any atom is -0.292 e. The summed E-state index contributed by atoms with van der Waals surface area (Å²) in [5.74, 6) is -0.221. The number of hydrogen-bond donors (Lipinski definition) is 0. The Morgan fingerprint density at radius 2 is 2.25 bits per heavy atom. The molecule has 0 heterocycles. The van der Waals surface area contributed by atoms with Crippen molar-refractivity contribution in [3.05, 3.63) is 33.8 Å². The van der Waals surface area contributed by atoms with Gasteiger partial charge in [-0.2, -0.15) is 5.26 Å². The molecule has 0 saturated carbocycles. The lowest BCUT2D eigenvalue weighted by atomic mass is 10.1. The SMILES string of the molecule is N#CCC=NCC(=O)c1cccc(Cl)c1Cl. The van der Waals surface area contributed by atoms with Crippen LogP contribution >= 0.6 is 23.2 Å². The lowest BCUT2D eigenvalue weighted by Crippen LogP contribution is -2.04. The lowest BCUT2D eigenvalue weighted by Gasteiger charge is -2.02.